The highest BCUT2D eigenvalue weighted by atomic mass is 79.9. The lowest BCUT2D eigenvalue weighted by Gasteiger charge is -2.16. The highest BCUT2D eigenvalue weighted by molar-refractivity contribution is 9.10. The van der Waals surface area contributed by atoms with Crippen molar-refractivity contribution in [2.24, 2.45) is 0 Å². The molecule has 0 bridgehead atoms. The first-order valence-electron chi connectivity index (χ1n) is 8.50. The smallest absolute Gasteiger partial charge is 0.319 e. The second-order valence-electron chi connectivity index (χ2n) is 6.29. The molecule has 2 heterocycles. The third-order valence-electron chi connectivity index (χ3n) is 3.96. The summed E-state index contributed by atoms with van der Waals surface area (Å²) in [6, 6.07) is 6.86. The first kappa shape index (κ1) is 19.0. The zero-order valence-electron chi connectivity index (χ0n) is 15.2. The summed E-state index contributed by atoms with van der Waals surface area (Å²) < 4.78 is 2.33. The zero-order chi connectivity index (χ0) is 19.4. The maximum Gasteiger partial charge on any atom is 0.319 e. The highest BCUT2D eigenvalue weighted by Crippen LogP contribution is 2.27. The van der Waals surface area contributed by atoms with E-state index in [0.29, 0.717) is 23.4 Å². The predicted molar refractivity (Wildman–Crippen MR) is 106 cm³/mol. The van der Waals surface area contributed by atoms with Crippen LogP contribution >= 0.6 is 15.9 Å². The first-order valence-corrected chi connectivity index (χ1v) is 9.29. The standard InChI is InChI=1S/C18H20BrN7O/c1-11(2)13-5-6-15(14(19)9-13)25-18(27)24-12(3)16-22-10-23-26(16)17-20-7-4-8-21-17/h4-12H,1-3H3,(H2,24,25,27)/t12-/m0/s1. The molecule has 1 aromatic carbocycles. The van der Waals surface area contributed by atoms with Crippen LogP contribution in [0.3, 0.4) is 0 Å². The fourth-order valence-electron chi connectivity index (χ4n) is 2.51. The maximum atomic E-state index is 12.4. The average Bonchev–Trinajstić information content (AvgIpc) is 3.14. The summed E-state index contributed by atoms with van der Waals surface area (Å²) in [5.74, 6) is 1.34. The fourth-order valence-corrected chi connectivity index (χ4v) is 3.01. The number of hydrogen-bond donors (Lipinski definition) is 2. The molecular formula is C18H20BrN7O. The molecule has 8 nitrogen and oxygen atoms in total. The molecule has 2 amide bonds. The Balaban J connectivity index is 1.70. The fraction of sp³-hybridized carbons (Fsp3) is 0.278. The van der Waals surface area contributed by atoms with Crippen LogP contribution in [0.25, 0.3) is 5.95 Å². The number of halogens is 1. The highest BCUT2D eigenvalue weighted by Gasteiger charge is 2.18. The summed E-state index contributed by atoms with van der Waals surface area (Å²) in [6.07, 6.45) is 4.65. The number of urea groups is 1. The molecule has 140 valence electrons. The van der Waals surface area contributed by atoms with Crippen molar-refractivity contribution in [1.29, 1.82) is 0 Å². The van der Waals surface area contributed by atoms with Crippen LogP contribution in [0.2, 0.25) is 0 Å². The van der Waals surface area contributed by atoms with Crippen LogP contribution in [0.15, 0.2) is 47.5 Å². The molecule has 9 heteroatoms. The van der Waals surface area contributed by atoms with Crippen LogP contribution in [0.4, 0.5) is 10.5 Å². The van der Waals surface area contributed by atoms with Crippen molar-refractivity contribution in [3.63, 3.8) is 0 Å². The Bertz CT molecular complexity index is 926. The molecule has 0 fully saturated rings. The molecule has 3 aromatic rings. The van der Waals surface area contributed by atoms with E-state index in [1.807, 2.05) is 25.1 Å². The van der Waals surface area contributed by atoms with E-state index < -0.39 is 6.04 Å². The molecule has 0 aliphatic carbocycles. The van der Waals surface area contributed by atoms with E-state index in [1.165, 1.54) is 16.6 Å². The van der Waals surface area contributed by atoms with Gasteiger partial charge in [-0.2, -0.15) is 9.78 Å². The summed E-state index contributed by atoms with van der Waals surface area (Å²) in [7, 11) is 0. The molecule has 0 unspecified atom stereocenters. The summed E-state index contributed by atoms with van der Waals surface area (Å²) in [6.45, 7) is 6.06. The summed E-state index contributed by atoms with van der Waals surface area (Å²) in [4.78, 5) is 24.9. The number of rotatable bonds is 5. The molecule has 2 N–H and O–H groups in total. The molecule has 3 rings (SSSR count). The van der Waals surface area contributed by atoms with Crippen LogP contribution in [0.1, 0.15) is 44.1 Å². The lowest BCUT2D eigenvalue weighted by atomic mass is 10.0. The van der Waals surface area contributed by atoms with Gasteiger partial charge in [-0.05, 0) is 52.5 Å². The molecule has 0 aliphatic heterocycles. The van der Waals surface area contributed by atoms with Gasteiger partial charge in [-0.15, -0.1) is 0 Å². The number of carbonyl (C=O) groups excluding carboxylic acids is 1. The van der Waals surface area contributed by atoms with Crippen molar-refractivity contribution >= 4 is 27.6 Å². The molecule has 0 radical (unpaired) electrons. The summed E-state index contributed by atoms with van der Waals surface area (Å²) >= 11 is 3.51. The van der Waals surface area contributed by atoms with Crippen molar-refractivity contribution in [3.05, 3.63) is 58.8 Å². The van der Waals surface area contributed by atoms with E-state index in [-0.39, 0.29) is 6.03 Å². The predicted octanol–water partition coefficient (Wildman–Crippen LogP) is 3.83. The monoisotopic (exact) mass is 429 g/mol. The van der Waals surface area contributed by atoms with Gasteiger partial charge in [-0.3, -0.25) is 0 Å². The van der Waals surface area contributed by atoms with Gasteiger partial charge < -0.3 is 10.6 Å². The minimum Gasteiger partial charge on any atom is -0.328 e. The molecule has 2 aromatic heterocycles. The second-order valence-corrected chi connectivity index (χ2v) is 7.15. The first-order chi connectivity index (χ1) is 13.0. The van der Waals surface area contributed by atoms with E-state index in [4.69, 9.17) is 0 Å². The van der Waals surface area contributed by atoms with Gasteiger partial charge in [0.25, 0.3) is 5.95 Å². The van der Waals surface area contributed by atoms with E-state index >= 15 is 0 Å². The normalized spacial score (nSPS) is 12.0. The topological polar surface area (TPSA) is 97.6 Å². The van der Waals surface area contributed by atoms with Crippen molar-refractivity contribution in [1.82, 2.24) is 30.0 Å². The SMILES string of the molecule is CC(C)c1ccc(NC(=O)N[C@@H](C)c2ncnn2-c2ncccn2)c(Br)c1. The number of amides is 2. The van der Waals surface area contributed by atoms with Gasteiger partial charge in [0.1, 0.15) is 6.33 Å². The Labute approximate surface area is 165 Å². The minimum absolute atomic E-state index is 0.343. The molecular weight excluding hydrogens is 410 g/mol. The van der Waals surface area contributed by atoms with Crippen LogP contribution < -0.4 is 10.6 Å². The number of nitrogens with zero attached hydrogens (tertiary/aromatic N) is 5. The Hall–Kier alpha value is -2.81. The Morgan fingerprint density at radius 3 is 2.56 bits per heavy atom. The van der Waals surface area contributed by atoms with Gasteiger partial charge in [0, 0.05) is 16.9 Å². The lowest BCUT2D eigenvalue weighted by molar-refractivity contribution is 0.248. The van der Waals surface area contributed by atoms with E-state index in [1.54, 1.807) is 18.5 Å². The number of benzene rings is 1. The van der Waals surface area contributed by atoms with Crippen molar-refractivity contribution < 1.29 is 4.79 Å². The molecule has 1 atom stereocenters. The van der Waals surface area contributed by atoms with Gasteiger partial charge in [0.05, 0.1) is 11.7 Å². The zero-order valence-corrected chi connectivity index (χ0v) is 16.8. The Morgan fingerprint density at radius 2 is 1.89 bits per heavy atom. The van der Waals surface area contributed by atoms with E-state index in [2.05, 4.69) is 60.5 Å². The molecule has 0 saturated carbocycles. The Morgan fingerprint density at radius 1 is 1.15 bits per heavy atom. The van der Waals surface area contributed by atoms with Gasteiger partial charge in [-0.25, -0.2) is 19.7 Å². The number of carbonyl (C=O) groups is 1. The quantitative estimate of drug-likeness (QED) is 0.641. The minimum atomic E-state index is -0.398. The number of hydrogen-bond acceptors (Lipinski definition) is 5. The van der Waals surface area contributed by atoms with Crippen LogP contribution in [-0.4, -0.2) is 30.8 Å². The number of aromatic nitrogens is 5. The third-order valence-corrected chi connectivity index (χ3v) is 4.61. The summed E-state index contributed by atoms with van der Waals surface area (Å²) in [5.41, 5.74) is 1.88. The van der Waals surface area contributed by atoms with Crippen LogP contribution in [0, 0.1) is 0 Å². The van der Waals surface area contributed by atoms with Gasteiger partial charge >= 0.3 is 6.03 Å². The van der Waals surface area contributed by atoms with Crippen molar-refractivity contribution in [2.75, 3.05) is 5.32 Å². The van der Waals surface area contributed by atoms with Gasteiger partial charge in [-0.1, -0.05) is 19.9 Å². The maximum absolute atomic E-state index is 12.4. The van der Waals surface area contributed by atoms with Crippen molar-refractivity contribution in [3.8, 4) is 5.95 Å². The lowest BCUT2D eigenvalue weighted by Crippen LogP contribution is -2.32. The van der Waals surface area contributed by atoms with Crippen LogP contribution in [0.5, 0.6) is 0 Å². The number of anilines is 1. The third kappa shape index (κ3) is 4.48. The molecule has 0 spiro atoms. The largest absolute Gasteiger partial charge is 0.328 e. The second kappa shape index (κ2) is 8.26. The number of nitrogens with one attached hydrogen (secondary N) is 2. The molecule has 0 aliphatic rings. The van der Waals surface area contributed by atoms with Crippen LogP contribution in [-0.2, 0) is 0 Å². The van der Waals surface area contributed by atoms with Gasteiger partial charge in [0.15, 0.2) is 5.82 Å². The molecule has 27 heavy (non-hydrogen) atoms. The van der Waals surface area contributed by atoms with Crippen molar-refractivity contribution in [2.45, 2.75) is 32.7 Å². The van der Waals surface area contributed by atoms with E-state index in [9.17, 15) is 4.79 Å². The average molecular weight is 430 g/mol. The molecule has 0 saturated heterocycles. The van der Waals surface area contributed by atoms with E-state index in [0.717, 1.165) is 4.47 Å². The Kier molecular flexibility index (Phi) is 5.80. The summed E-state index contributed by atoms with van der Waals surface area (Å²) in [5, 5.41) is 9.84. The van der Waals surface area contributed by atoms with Gasteiger partial charge in [0.2, 0.25) is 0 Å².